The Morgan fingerprint density at radius 3 is 2.59 bits per heavy atom. The highest BCUT2D eigenvalue weighted by atomic mass is 16.2. The van der Waals surface area contributed by atoms with Crippen LogP contribution in [0.25, 0.3) is 0 Å². The van der Waals surface area contributed by atoms with E-state index in [2.05, 4.69) is 31.2 Å². The molecule has 2 fully saturated rings. The molecular formula is C14H18N2O. The fraction of sp³-hybridized carbons (Fsp3) is 0.500. The van der Waals surface area contributed by atoms with Crippen LogP contribution >= 0.6 is 0 Å². The summed E-state index contributed by atoms with van der Waals surface area (Å²) in [5.41, 5.74) is 8.10. The summed E-state index contributed by atoms with van der Waals surface area (Å²) in [6.07, 6.45) is 0. The number of hydrogen-bond acceptors (Lipinski definition) is 2. The number of fused-ring (bicyclic) bond motifs is 1. The summed E-state index contributed by atoms with van der Waals surface area (Å²) in [7, 11) is 0. The maximum Gasteiger partial charge on any atom is 0.226 e. The summed E-state index contributed by atoms with van der Waals surface area (Å²) in [5, 5.41) is 0. The van der Waals surface area contributed by atoms with Gasteiger partial charge in [0.05, 0.1) is 0 Å². The van der Waals surface area contributed by atoms with Gasteiger partial charge in [-0.2, -0.15) is 0 Å². The van der Waals surface area contributed by atoms with Crippen LogP contribution in [-0.4, -0.2) is 23.9 Å². The lowest BCUT2D eigenvalue weighted by Gasteiger charge is -2.19. The lowest BCUT2D eigenvalue weighted by Crippen LogP contribution is -2.30. The van der Waals surface area contributed by atoms with Gasteiger partial charge in [0, 0.05) is 19.0 Å². The van der Waals surface area contributed by atoms with Crippen LogP contribution in [0.5, 0.6) is 0 Å². The summed E-state index contributed by atoms with van der Waals surface area (Å²) < 4.78 is 0. The average Bonchev–Trinajstić information content (AvgIpc) is 2.94. The summed E-state index contributed by atoms with van der Waals surface area (Å²) in [6.45, 7) is 4.40. The summed E-state index contributed by atoms with van der Waals surface area (Å²) >= 11 is 0. The lowest BCUT2D eigenvalue weighted by molar-refractivity contribution is -0.131. The number of carbonyl (C=O) groups is 1. The third-order valence-corrected chi connectivity index (χ3v) is 4.13. The number of rotatable bonds is 3. The number of hydrogen-bond donors (Lipinski definition) is 1. The van der Waals surface area contributed by atoms with Gasteiger partial charge in [0.25, 0.3) is 0 Å². The monoisotopic (exact) mass is 230 g/mol. The molecule has 1 aromatic rings. The second-order valence-corrected chi connectivity index (χ2v) is 5.29. The van der Waals surface area contributed by atoms with Crippen LogP contribution in [0.2, 0.25) is 0 Å². The van der Waals surface area contributed by atoms with Gasteiger partial charge in [-0.05, 0) is 30.9 Å². The molecule has 0 aromatic heterocycles. The van der Waals surface area contributed by atoms with Crippen LogP contribution in [0.1, 0.15) is 11.1 Å². The van der Waals surface area contributed by atoms with Crippen LogP contribution in [0, 0.1) is 24.7 Å². The largest absolute Gasteiger partial charge is 0.338 e. The first kappa shape index (κ1) is 10.8. The number of nitrogens with zero attached hydrogens (tertiary/aromatic N) is 1. The van der Waals surface area contributed by atoms with E-state index >= 15 is 0 Å². The van der Waals surface area contributed by atoms with Crippen molar-refractivity contribution < 1.29 is 4.79 Å². The third-order valence-electron chi connectivity index (χ3n) is 4.13. The topological polar surface area (TPSA) is 46.3 Å². The van der Waals surface area contributed by atoms with E-state index in [4.69, 9.17) is 5.73 Å². The fourth-order valence-corrected chi connectivity index (χ4v) is 2.99. The molecule has 90 valence electrons. The van der Waals surface area contributed by atoms with E-state index in [1.807, 2.05) is 4.90 Å². The molecule has 1 aliphatic carbocycles. The molecule has 1 aliphatic heterocycles. The minimum atomic E-state index is 0.241. The van der Waals surface area contributed by atoms with Gasteiger partial charge in [-0.3, -0.25) is 4.79 Å². The molecule has 2 N–H and O–H groups in total. The molecule has 3 rings (SSSR count). The Morgan fingerprint density at radius 1 is 1.35 bits per heavy atom. The first-order valence-corrected chi connectivity index (χ1v) is 6.25. The van der Waals surface area contributed by atoms with Gasteiger partial charge >= 0.3 is 0 Å². The molecule has 1 amide bonds. The third kappa shape index (κ3) is 1.75. The number of benzene rings is 1. The van der Waals surface area contributed by atoms with E-state index < -0.39 is 0 Å². The van der Waals surface area contributed by atoms with Gasteiger partial charge in [-0.15, -0.1) is 0 Å². The Labute approximate surface area is 102 Å². The zero-order valence-corrected chi connectivity index (χ0v) is 10.1. The highest BCUT2D eigenvalue weighted by Gasteiger charge is 2.60. The van der Waals surface area contributed by atoms with Crippen LogP contribution in [0.4, 0.5) is 0 Å². The van der Waals surface area contributed by atoms with Crippen molar-refractivity contribution in [3.05, 3.63) is 35.4 Å². The van der Waals surface area contributed by atoms with Crippen molar-refractivity contribution in [2.75, 3.05) is 13.1 Å². The van der Waals surface area contributed by atoms with Gasteiger partial charge in [-0.1, -0.05) is 29.8 Å². The standard InChI is InChI=1S/C14H18N2O/c1-9-2-4-10(5-3-9)7-16-8-12-11(6-15)13(12)14(16)17/h2-5,11-13H,6-8,15H2,1H3. The minimum Gasteiger partial charge on any atom is -0.338 e. The molecule has 0 bridgehead atoms. The molecule has 3 atom stereocenters. The van der Waals surface area contributed by atoms with E-state index in [1.165, 1.54) is 11.1 Å². The van der Waals surface area contributed by atoms with Crippen molar-refractivity contribution in [2.45, 2.75) is 13.5 Å². The number of amides is 1. The normalized spacial score (nSPS) is 30.6. The van der Waals surface area contributed by atoms with E-state index in [0.29, 0.717) is 24.3 Å². The second kappa shape index (κ2) is 3.84. The zero-order chi connectivity index (χ0) is 12.0. The van der Waals surface area contributed by atoms with Crippen molar-refractivity contribution in [1.82, 2.24) is 4.90 Å². The minimum absolute atomic E-state index is 0.241. The average molecular weight is 230 g/mol. The molecule has 1 heterocycles. The van der Waals surface area contributed by atoms with Gasteiger partial charge in [0.2, 0.25) is 5.91 Å². The Hall–Kier alpha value is -1.35. The van der Waals surface area contributed by atoms with Crippen LogP contribution in [-0.2, 0) is 11.3 Å². The Morgan fingerprint density at radius 2 is 2.06 bits per heavy atom. The molecule has 3 nitrogen and oxygen atoms in total. The van der Waals surface area contributed by atoms with Crippen molar-refractivity contribution in [2.24, 2.45) is 23.5 Å². The number of nitrogens with two attached hydrogens (primary N) is 1. The molecule has 3 heteroatoms. The maximum atomic E-state index is 12.1. The quantitative estimate of drug-likeness (QED) is 0.847. The molecule has 17 heavy (non-hydrogen) atoms. The highest BCUT2D eigenvalue weighted by Crippen LogP contribution is 2.52. The number of likely N-dealkylation sites (tertiary alicyclic amines) is 1. The number of carbonyl (C=O) groups excluding carboxylic acids is 1. The SMILES string of the molecule is Cc1ccc(CN2CC3C(CN)C3C2=O)cc1. The van der Waals surface area contributed by atoms with Crippen molar-refractivity contribution in [1.29, 1.82) is 0 Å². The molecule has 1 aromatic carbocycles. The van der Waals surface area contributed by atoms with Gasteiger partial charge in [0.1, 0.15) is 0 Å². The number of piperidine rings is 1. The second-order valence-electron chi connectivity index (χ2n) is 5.29. The van der Waals surface area contributed by atoms with E-state index in [1.54, 1.807) is 0 Å². The lowest BCUT2D eigenvalue weighted by atomic mass is 10.1. The Bertz CT molecular complexity index is 440. The Kier molecular flexibility index (Phi) is 2.44. The van der Waals surface area contributed by atoms with Crippen LogP contribution < -0.4 is 5.73 Å². The van der Waals surface area contributed by atoms with Crippen molar-refractivity contribution in [3.63, 3.8) is 0 Å². The van der Waals surface area contributed by atoms with Gasteiger partial charge < -0.3 is 10.6 Å². The molecular weight excluding hydrogens is 212 g/mol. The molecule has 1 saturated carbocycles. The first-order valence-electron chi connectivity index (χ1n) is 6.25. The van der Waals surface area contributed by atoms with Gasteiger partial charge in [0.15, 0.2) is 0 Å². The fourth-order valence-electron chi connectivity index (χ4n) is 2.99. The predicted octanol–water partition coefficient (Wildman–Crippen LogP) is 1.16. The molecule has 2 aliphatic rings. The zero-order valence-electron chi connectivity index (χ0n) is 10.1. The summed E-state index contributed by atoms with van der Waals surface area (Å²) in [6, 6.07) is 8.40. The summed E-state index contributed by atoms with van der Waals surface area (Å²) in [4.78, 5) is 14.0. The van der Waals surface area contributed by atoms with Crippen LogP contribution in [0.3, 0.4) is 0 Å². The number of aryl methyl sites for hydroxylation is 1. The Balaban J connectivity index is 1.65. The van der Waals surface area contributed by atoms with E-state index in [9.17, 15) is 4.79 Å². The van der Waals surface area contributed by atoms with Crippen molar-refractivity contribution in [3.8, 4) is 0 Å². The highest BCUT2D eigenvalue weighted by molar-refractivity contribution is 5.85. The molecule has 0 spiro atoms. The van der Waals surface area contributed by atoms with Gasteiger partial charge in [-0.25, -0.2) is 0 Å². The van der Waals surface area contributed by atoms with Crippen molar-refractivity contribution >= 4 is 5.91 Å². The predicted molar refractivity (Wildman–Crippen MR) is 66.1 cm³/mol. The van der Waals surface area contributed by atoms with Crippen LogP contribution in [0.15, 0.2) is 24.3 Å². The first-order chi connectivity index (χ1) is 8.20. The molecule has 3 unspecified atom stereocenters. The molecule has 1 saturated heterocycles. The summed E-state index contributed by atoms with van der Waals surface area (Å²) in [5.74, 6) is 1.56. The maximum absolute atomic E-state index is 12.1. The van der Waals surface area contributed by atoms with E-state index in [0.717, 1.165) is 13.1 Å². The molecule has 0 radical (unpaired) electrons. The van der Waals surface area contributed by atoms with E-state index in [-0.39, 0.29) is 5.92 Å². The smallest absolute Gasteiger partial charge is 0.226 e.